The van der Waals surface area contributed by atoms with Gasteiger partial charge in [-0.3, -0.25) is 0 Å². The number of aryl methyl sites for hydroxylation is 2. The Morgan fingerprint density at radius 3 is 2.81 bits per heavy atom. The van der Waals surface area contributed by atoms with Gasteiger partial charge in [-0.05, 0) is 43.9 Å². The van der Waals surface area contributed by atoms with Gasteiger partial charge in [0, 0.05) is 30.1 Å². The second-order valence-corrected chi connectivity index (χ2v) is 7.72. The normalized spacial score (nSPS) is 16.0. The van der Waals surface area contributed by atoms with Crippen LogP contribution in [-0.2, 0) is 0 Å². The Labute approximate surface area is 161 Å². The number of thiazole rings is 1. The van der Waals surface area contributed by atoms with Gasteiger partial charge in [-0.1, -0.05) is 28.9 Å². The molecule has 2 aromatic rings. The number of nitrogens with one attached hydrogen (secondary N) is 1. The van der Waals surface area contributed by atoms with E-state index in [4.69, 9.17) is 16.8 Å². The van der Waals surface area contributed by atoms with Crippen molar-refractivity contribution in [3.8, 4) is 0 Å². The molecule has 2 amide bonds. The van der Waals surface area contributed by atoms with E-state index >= 15 is 0 Å². The van der Waals surface area contributed by atoms with E-state index in [1.165, 1.54) is 11.3 Å². The third-order valence-corrected chi connectivity index (χ3v) is 5.86. The monoisotopic (exact) mass is 392 g/mol. The van der Waals surface area contributed by atoms with Crippen molar-refractivity contribution in [2.24, 2.45) is 5.16 Å². The number of amides is 2. The number of nitrogens with zero attached hydrogens (tertiary/aromatic N) is 3. The van der Waals surface area contributed by atoms with Gasteiger partial charge in [0.2, 0.25) is 0 Å². The minimum Gasteiger partial charge on any atom is -0.410 e. The lowest BCUT2D eigenvalue weighted by Gasteiger charge is -2.31. The Bertz CT molecular complexity index is 828. The number of hydrogen-bond acceptors (Lipinski definition) is 5. The molecule has 1 aromatic carbocycles. The van der Waals surface area contributed by atoms with Gasteiger partial charge in [0.1, 0.15) is 5.69 Å². The van der Waals surface area contributed by atoms with Crippen LogP contribution in [0.2, 0.25) is 0 Å². The number of hydrogen-bond donors (Lipinski definition) is 2. The first-order valence-corrected chi connectivity index (χ1v) is 9.70. The lowest BCUT2D eigenvalue weighted by molar-refractivity contribution is 0.194. The number of aromatic nitrogens is 1. The number of carbonyl (C=O) groups is 1. The first-order chi connectivity index (χ1) is 12.5. The Kier molecular flexibility index (Phi) is 5.78. The molecular formula is C18H21ClN4O2S. The molecule has 0 atom stereocenters. The van der Waals surface area contributed by atoms with Gasteiger partial charge >= 0.3 is 6.03 Å². The number of oxime groups is 1. The zero-order valence-corrected chi connectivity index (χ0v) is 16.3. The van der Waals surface area contributed by atoms with E-state index in [2.05, 4.69) is 15.5 Å². The first-order valence-electron chi connectivity index (χ1n) is 8.44. The molecule has 2 N–H and O–H groups in total. The average molecular weight is 393 g/mol. The van der Waals surface area contributed by atoms with Crippen molar-refractivity contribution < 1.29 is 10.0 Å². The molecule has 0 bridgehead atoms. The predicted molar refractivity (Wildman–Crippen MR) is 105 cm³/mol. The zero-order chi connectivity index (χ0) is 18.7. The molecule has 1 aromatic heterocycles. The molecule has 0 saturated carbocycles. The van der Waals surface area contributed by atoms with E-state index in [9.17, 15) is 4.79 Å². The predicted octanol–water partition coefficient (Wildman–Crippen LogP) is 4.55. The number of carbonyl (C=O) groups excluding carboxylic acids is 1. The summed E-state index contributed by atoms with van der Waals surface area (Å²) >= 11 is 7.30. The summed E-state index contributed by atoms with van der Waals surface area (Å²) in [7, 11) is 0. The molecule has 138 valence electrons. The summed E-state index contributed by atoms with van der Waals surface area (Å²) in [5.74, 6) is 0.293. The SMILES string of the molecule is Cc1ccc(C)c(NC(=O)N2CCC(c3nc(C(Cl)=NO)cs3)CC2)c1. The van der Waals surface area contributed by atoms with Crippen molar-refractivity contribution in [2.75, 3.05) is 18.4 Å². The fourth-order valence-electron chi connectivity index (χ4n) is 3.02. The Hall–Kier alpha value is -2.12. The Morgan fingerprint density at radius 2 is 2.12 bits per heavy atom. The molecule has 3 rings (SSSR count). The first kappa shape index (κ1) is 18.7. The maximum Gasteiger partial charge on any atom is 0.321 e. The Morgan fingerprint density at radius 1 is 1.38 bits per heavy atom. The van der Waals surface area contributed by atoms with Gasteiger partial charge in [0.25, 0.3) is 0 Å². The van der Waals surface area contributed by atoms with Crippen molar-refractivity contribution in [2.45, 2.75) is 32.6 Å². The molecule has 8 heteroatoms. The van der Waals surface area contributed by atoms with Gasteiger partial charge in [0.15, 0.2) is 5.17 Å². The van der Waals surface area contributed by atoms with Crippen molar-refractivity contribution >= 4 is 39.8 Å². The smallest absolute Gasteiger partial charge is 0.321 e. The van der Waals surface area contributed by atoms with Crippen LogP contribution < -0.4 is 5.32 Å². The molecule has 0 unspecified atom stereocenters. The molecular weight excluding hydrogens is 372 g/mol. The van der Waals surface area contributed by atoms with Crippen LogP contribution in [0.5, 0.6) is 0 Å². The summed E-state index contributed by atoms with van der Waals surface area (Å²) < 4.78 is 0. The van der Waals surface area contributed by atoms with Crippen LogP contribution in [0.1, 0.15) is 40.6 Å². The van der Waals surface area contributed by atoms with Crippen LogP contribution >= 0.6 is 22.9 Å². The molecule has 1 aliphatic rings. The quantitative estimate of drug-likeness (QED) is 0.457. The van der Waals surface area contributed by atoms with Gasteiger partial charge in [0.05, 0.1) is 5.01 Å². The highest BCUT2D eigenvalue weighted by molar-refractivity contribution is 7.10. The van der Waals surface area contributed by atoms with Crippen LogP contribution in [0.15, 0.2) is 28.7 Å². The topological polar surface area (TPSA) is 77.8 Å². The van der Waals surface area contributed by atoms with Crippen LogP contribution in [0.4, 0.5) is 10.5 Å². The number of benzene rings is 1. The molecule has 0 aliphatic carbocycles. The van der Waals surface area contributed by atoms with Gasteiger partial charge in [-0.2, -0.15) is 0 Å². The molecule has 26 heavy (non-hydrogen) atoms. The van der Waals surface area contributed by atoms with E-state index in [0.717, 1.165) is 34.7 Å². The summed E-state index contributed by atoms with van der Waals surface area (Å²) in [6, 6.07) is 5.97. The molecule has 1 aliphatic heterocycles. The molecule has 0 spiro atoms. The lowest BCUT2D eigenvalue weighted by Crippen LogP contribution is -2.40. The van der Waals surface area contributed by atoms with Crippen LogP contribution in [0, 0.1) is 13.8 Å². The summed E-state index contributed by atoms with van der Waals surface area (Å²) in [4.78, 5) is 18.8. The summed E-state index contributed by atoms with van der Waals surface area (Å²) in [5, 5.41) is 17.5. The molecule has 1 saturated heterocycles. The van der Waals surface area contributed by atoms with Crippen LogP contribution in [-0.4, -0.2) is 39.4 Å². The second kappa shape index (κ2) is 8.05. The maximum absolute atomic E-state index is 12.5. The van der Waals surface area contributed by atoms with Crippen molar-refractivity contribution in [1.82, 2.24) is 9.88 Å². The molecule has 2 heterocycles. The molecule has 1 fully saturated rings. The molecule has 0 radical (unpaired) electrons. The highest BCUT2D eigenvalue weighted by atomic mass is 35.5. The van der Waals surface area contributed by atoms with E-state index in [1.54, 1.807) is 5.38 Å². The van der Waals surface area contributed by atoms with Gasteiger partial charge < -0.3 is 15.4 Å². The van der Waals surface area contributed by atoms with E-state index in [0.29, 0.717) is 24.7 Å². The molecule has 6 nitrogen and oxygen atoms in total. The zero-order valence-electron chi connectivity index (χ0n) is 14.7. The number of anilines is 1. The van der Waals surface area contributed by atoms with Gasteiger partial charge in [-0.15, -0.1) is 11.3 Å². The number of rotatable bonds is 3. The van der Waals surface area contributed by atoms with E-state index in [1.807, 2.05) is 36.9 Å². The van der Waals surface area contributed by atoms with Crippen molar-refractivity contribution in [1.29, 1.82) is 0 Å². The van der Waals surface area contributed by atoms with Crippen molar-refractivity contribution in [3.63, 3.8) is 0 Å². The van der Waals surface area contributed by atoms with E-state index < -0.39 is 0 Å². The summed E-state index contributed by atoms with van der Waals surface area (Å²) in [6.45, 7) is 5.36. The van der Waals surface area contributed by atoms with Crippen LogP contribution in [0.3, 0.4) is 0 Å². The lowest BCUT2D eigenvalue weighted by atomic mass is 9.98. The van der Waals surface area contributed by atoms with Gasteiger partial charge in [-0.25, -0.2) is 9.78 Å². The highest BCUT2D eigenvalue weighted by Gasteiger charge is 2.26. The fraction of sp³-hybridized carbons (Fsp3) is 0.389. The van der Waals surface area contributed by atoms with E-state index in [-0.39, 0.29) is 11.2 Å². The average Bonchev–Trinajstić information content (AvgIpc) is 3.14. The summed E-state index contributed by atoms with van der Waals surface area (Å²) in [5.41, 5.74) is 3.52. The largest absolute Gasteiger partial charge is 0.410 e. The Balaban J connectivity index is 1.58. The number of piperidine rings is 1. The third-order valence-electron chi connectivity index (χ3n) is 4.59. The second-order valence-electron chi connectivity index (χ2n) is 6.47. The minimum absolute atomic E-state index is 0.00200. The summed E-state index contributed by atoms with van der Waals surface area (Å²) in [6.07, 6.45) is 1.70. The minimum atomic E-state index is -0.0626. The standard InChI is InChI=1S/C18H21ClN4O2S/c1-11-3-4-12(2)14(9-11)21-18(24)23-7-5-13(6-8-23)17-20-15(10-26-17)16(19)22-25/h3-4,9-10,13,25H,5-8H2,1-2H3,(H,21,24). The maximum atomic E-state index is 12.5. The van der Waals surface area contributed by atoms with Crippen molar-refractivity contribution in [3.05, 3.63) is 45.4 Å². The number of likely N-dealkylation sites (tertiary alicyclic amines) is 1. The number of halogens is 1. The highest BCUT2D eigenvalue weighted by Crippen LogP contribution is 2.31. The number of urea groups is 1. The third kappa shape index (κ3) is 4.16. The fourth-order valence-corrected chi connectivity index (χ4v) is 4.15. The van der Waals surface area contributed by atoms with Crippen LogP contribution in [0.25, 0.3) is 0 Å².